The molecule has 9 heteroatoms. The number of carbonyl (C=O) groups excluding carboxylic acids is 3. The Balaban J connectivity index is 1.41. The molecule has 2 heterocycles. The van der Waals surface area contributed by atoms with Gasteiger partial charge in [-0.3, -0.25) is 19.2 Å². The molecule has 1 aliphatic heterocycles. The van der Waals surface area contributed by atoms with E-state index in [0.29, 0.717) is 43.0 Å². The molecular formula is C29H39N3O6. The summed E-state index contributed by atoms with van der Waals surface area (Å²) in [5, 5.41) is 6.10. The van der Waals surface area contributed by atoms with E-state index in [1.807, 2.05) is 20.8 Å². The fraction of sp³-hybridized carbons (Fsp3) is 0.586. The molecule has 1 aromatic carbocycles. The molecule has 0 unspecified atom stereocenters. The fourth-order valence-electron chi connectivity index (χ4n) is 5.87. The van der Waals surface area contributed by atoms with Crippen molar-refractivity contribution in [3.05, 3.63) is 40.2 Å². The number of rotatable bonds is 6. The normalized spacial score (nSPS) is 18.2. The van der Waals surface area contributed by atoms with E-state index in [1.165, 1.54) is 13.5 Å². The van der Waals surface area contributed by atoms with Crippen molar-refractivity contribution < 1.29 is 23.5 Å². The number of piperidine rings is 1. The number of fused-ring (bicyclic) bond motifs is 1. The number of methoxy groups -OCH3 is 1. The lowest BCUT2D eigenvalue weighted by Gasteiger charge is -2.47. The number of nitrogens with zero attached hydrogens (tertiary/aromatic N) is 1. The number of ether oxygens (including phenoxy) is 1. The lowest BCUT2D eigenvalue weighted by Crippen LogP contribution is -2.57. The molecule has 9 nitrogen and oxygen atoms in total. The molecule has 2 aromatic rings. The number of benzene rings is 1. The highest BCUT2D eigenvalue weighted by Gasteiger charge is 2.48. The van der Waals surface area contributed by atoms with Gasteiger partial charge in [-0.1, -0.05) is 25.3 Å². The Morgan fingerprint density at radius 3 is 2.42 bits per heavy atom. The van der Waals surface area contributed by atoms with E-state index in [-0.39, 0.29) is 40.7 Å². The third-order valence-electron chi connectivity index (χ3n) is 7.90. The SMILES string of the molecule is COc1cccc2c(=O)cc(C(=O)NCC(=O)N3CCC(C(=O)NC(C)(C)C)(C4CCCCC4)CC3)oc12. The number of hydrogen-bond donors (Lipinski definition) is 2. The van der Waals surface area contributed by atoms with Crippen LogP contribution in [0.2, 0.25) is 0 Å². The summed E-state index contributed by atoms with van der Waals surface area (Å²) >= 11 is 0. The number of carbonyl (C=O) groups is 3. The van der Waals surface area contributed by atoms with Crippen LogP contribution in [0.25, 0.3) is 11.0 Å². The first-order valence-corrected chi connectivity index (χ1v) is 13.5. The number of likely N-dealkylation sites (tertiary alicyclic amines) is 1. The lowest BCUT2D eigenvalue weighted by molar-refractivity contribution is -0.145. The third kappa shape index (κ3) is 5.87. The standard InChI is InChI=1S/C29H39N3O6/c1-28(2,3)31-27(36)29(19-9-6-5-7-10-19)13-15-32(16-14-29)24(34)18-30-26(35)23-17-21(33)20-11-8-12-22(37-4)25(20)38-23/h8,11-12,17,19H,5-7,9-10,13-16,18H2,1-4H3,(H,30,35)(H,31,36). The molecule has 2 fully saturated rings. The van der Waals surface area contributed by atoms with E-state index >= 15 is 0 Å². The highest BCUT2D eigenvalue weighted by atomic mass is 16.5. The zero-order valence-corrected chi connectivity index (χ0v) is 22.9. The van der Waals surface area contributed by atoms with Crippen molar-refractivity contribution in [3.8, 4) is 5.75 Å². The highest BCUT2D eigenvalue weighted by molar-refractivity contribution is 5.96. The van der Waals surface area contributed by atoms with Gasteiger partial charge in [-0.05, 0) is 64.5 Å². The van der Waals surface area contributed by atoms with E-state index in [4.69, 9.17) is 9.15 Å². The second kappa shape index (κ2) is 11.2. The Hall–Kier alpha value is -3.36. The van der Waals surface area contributed by atoms with E-state index in [9.17, 15) is 19.2 Å². The van der Waals surface area contributed by atoms with Gasteiger partial charge in [-0.2, -0.15) is 0 Å². The van der Waals surface area contributed by atoms with Crippen molar-refractivity contribution in [3.63, 3.8) is 0 Å². The number of para-hydroxylation sites is 1. The lowest BCUT2D eigenvalue weighted by atomic mass is 9.63. The quantitative estimate of drug-likeness (QED) is 0.595. The van der Waals surface area contributed by atoms with Gasteiger partial charge in [0.05, 0.1) is 24.5 Å². The van der Waals surface area contributed by atoms with Gasteiger partial charge in [0.1, 0.15) is 0 Å². The summed E-state index contributed by atoms with van der Waals surface area (Å²) in [4.78, 5) is 53.5. The fourth-order valence-corrected chi connectivity index (χ4v) is 5.87. The second-order valence-electron chi connectivity index (χ2n) is 11.6. The highest BCUT2D eigenvalue weighted by Crippen LogP contribution is 2.46. The summed E-state index contributed by atoms with van der Waals surface area (Å²) in [6.45, 7) is 6.69. The molecule has 1 saturated heterocycles. The second-order valence-corrected chi connectivity index (χ2v) is 11.6. The topological polar surface area (TPSA) is 118 Å². The summed E-state index contributed by atoms with van der Waals surface area (Å²) in [6.07, 6.45) is 6.80. The zero-order valence-electron chi connectivity index (χ0n) is 22.9. The maximum Gasteiger partial charge on any atom is 0.287 e. The maximum absolute atomic E-state index is 13.5. The minimum absolute atomic E-state index is 0.0964. The third-order valence-corrected chi connectivity index (χ3v) is 7.90. The Kier molecular flexibility index (Phi) is 8.13. The minimum Gasteiger partial charge on any atom is -0.493 e. The molecule has 1 aromatic heterocycles. The maximum atomic E-state index is 13.5. The van der Waals surface area contributed by atoms with Gasteiger partial charge in [0.15, 0.2) is 22.5 Å². The zero-order chi connectivity index (χ0) is 27.5. The summed E-state index contributed by atoms with van der Waals surface area (Å²) in [7, 11) is 1.45. The van der Waals surface area contributed by atoms with Crippen molar-refractivity contribution in [2.75, 3.05) is 26.7 Å². The van der Waals surface area contributed by atoms with Crippen LogP contribution in [0, 0.1) is 11.3 Å². The van der Waals surface area contributed by atoms with E-state index in [1.54, 1.807) is 23.1 Å². The van der Waals surface area contributed by atoms with Crippen LogP contribution in [0.4, 0.5) is 0 Å². The molecule has 38 heavy (non-hydrogen) atoms. The Bertz CT molecular complexity index is 1250. The van der Waals surface area contributed by atoms with Crippen molar-refractivity contribution in [1.29, 1.82) is 0 Å². The van der Waals surface area contributed by atoms with Crippen molar-refractivity contribution >= 4 is 28.7 Å². The van der Waals surface area contributed by atoms with Crippen molar-refractivity contribution in [1.82, 2.24) is 15.5 Å². The van der Waals surface area contributed by atoms with Gasteiger partial charge < -0.3 is 24.7 Å². The smallest absolute Gasteiger partial charge is 0.287 e. The molecule has 1 saturated carbocycles. The van der Waals surface area contributed by atoms with Crippen LogP contribution in [0.5, 0.6) is 5.75 Å². The predicted octanol–water partition coefficient (Wildman–Crippen LogP) is 3.64. The molecule has 0 bridgehead atoms. The molecule has 2 aliphatic rings. The van der Waals surface area contributed by atoms with Crippen LogP contribution in [0.3, 0.4) is 0 Å². The average Bonchev–Trinajstić information content (AvgIpc) is 2.90. The van der Waals surface area contributed by atoms with E-state index in [2.05, 4.69) is 10.6 Å². The van der Waals surface area contributed by atoms with Gasteiger partial charge in [-0.25, -0.2) is 0 Å². The Labute approximate surface area is 223 Å². The predicted molar refractivity (Wildman–Crippen MR) is 144 cm³/mol. The van der Waals surface area contributed by atoms with Crippen LogP contribution in [0.15, 0.2) is 33.5 Å². The summed E-state index contributed by atoms with van der Waals surface area (Å²) in [6, 6.07) is 6.03. The first-order valence-electron chi connectivity index (χ1n) is 13.5. The summed E-state index contributed by atoms with van der Waals surface area (Å²) in [5.41, 5.74) is -0.980. The molecule has 0 atom stereocenters. The van der Waals surface area contributed by atoms with Gasteiger partial charge in [0.2, 0.25) is 11.8 Å². The van der Waals surface area contributed by atoms with Gasteiger partial charge >= 0.3 is 0 Å². The molecular weight excluding hydrogens is 486 g/mol. The molecule has 2 N–H and O–H groups in total. The largest absolute Gasteiger partial charge is 0.493 e. The summed E-state index contributed by atoms with van der Waals surface area (Å²) < 4.78 is 10.9. The van der Waals surface area contributed by atoms with E-state index < -0.39 is 11.3 Å². The van der Waals surface area contributed by atoms with Crippen LogP contribution in [-0.2, 0) is 9.59 Å². The first kappa shape index (κ1) is 27.7. The molecule has 4 rings (SSSR count). The minimum atomic E-state index is -0.652. The number of amides is 3. The van der Waals surface area contributed by atoms with Crippen LogP contribution >= 0.6 is 0 Å². The first-order chi connectivity index (χ1) is 18.0. The van der Waals surface area contributed by atoms with Gasteiger partial charge in [0, 0.05) is 24.7 Å². The van der Waals surface area contributed by atoms with E-state index in [0.717, 1.165) is 31.7 Å². The number of nitrogens with one attached hydrogen (secondary N) is 2. The van der Waals surface area contributed by atoms with Crippen LogP contribution in [0.1, 0.15) is 76.3 Å². The average molecular weight is 526 g/mol. The molecule has 0 spiro atoms. The number of hydrogen-bond acceptors (Lipinski definition) is 6. The van der Waals surface area contributed by atoms with Crippen molar-refractivity contribution in [2.45, 2.75) is 71.3 Å². The molecule has 1 aliphatic carbocycles. The summed E-state index contributed by atoms with van der Waals surface area (Å²) in [5.74, 6) is -0.305. The van der Waals surface area contributed by atoms with Gasteiger partial charge in [-0.15, -0.1) is 0 Å². The molecule has 0 radical (unpaired) electrons. The molecule has 206 valence electrons. The Morgan fingerprint density at radius 1 is 1.11 bits per heavy atom. The monoisotopic (exact) mass is 525 g/mol. The van der Waals surface area contributed by atoms with Gasteiger partial charge in [0.25, 0.3) is 5.91 Å². The van der Waals surface area contributed by atoms with Crippen LogP contribution in [-0.4, -0.2) is 54.9 Å². The molecule has 3 amide bonds. The van der Waals surface area contributed by atoms with Crippen LogP contribution < -0.4 is 20.8 Å². The Morgan fingerprint density at radius 2 is 1.79 bits per heavy atom. The van der Waals surface area contributed by atoms with Crippen molar-refractivity contribution in [2.24, 2.45) is 11.3 Å².